The second-order valence-corrected chi connectivity index (χ2v) is 6.44. The molecule has 1 aliphatic rings. The highest BCUT2D eigenvalue weighted by molar-refractivity contribution is 9.10. The van der Waals surface area contributed by atoms with Gasteiger partial charge in [-0.3, -0.25) is 0 Å². The molecule has 0 spiro atoms. The lowest BCUT2D eigenvalue weighted by Crippen LogP contribution is -1.90. The Labute approximate surface area is 132 Å². The molecule has 0 fully saturated rings. The molecular weight excluding hydrogens is 324 g/mol. The van der Waals surface area contributed by atoms with Gasteiger partial charge in [0.2, 0.25) is 0 Å². The molecule has 0 radical (unpaired) electrons. The predicted molar refractivity (Wildman–Crippen MR) is 89.3 cm³/mol. The van der Waals surface area contributed by atoms with Crippen molar-refractivity contribution in [1.29, 1.82) is 0 Å². The summed E-state index contributed by atoms with van der Waals surface area (Å²) in [5, 5.41) is 0. The van der Waals surface area contributed by atoms with Crippen molar-refractivity contribution in [3.8, 4) is 0 Å². The molecule has 0 saturated heterocycles. The molecule has 1 aliphatic carbocycles. The van der Waals surface area contributed by atoms with Crippen LogP contribution in [0.5, 0.6) is 0 Å². The first-order valence-electron chi connectivity index (χ1n) is 7.18. The lowest BCUT2D eigenvalue weighted by atomic mass is 10.1. The third-order valence-electron chi connectivity index (χ3n) is 4.00. The number of hydrogen-bond acceptors (Lipinski definition) is 1. The third kappa shape index (κ3) is 2.54. The van der Waals surface area contributed by atoms with Crippen molar-refractivity contribution in [3.05, 3.63) is 75.7 Å². The average molecular weight is 339 g/mol. The summed E-state index contributed by atoms with van der Waals surface area (Å²) in [4.78, 5) is 4.67. The second kappa shape index (κ2) is 5.15. The topological polar surface area (TPSA) is 17.3 Å². The molecule has 2 heterocycles. The summed E-state index contributed by atoms with van der Waals surface area (Å²) in [6.45, 7) is 0. The normalized spacial score (nSPS) is 13.5. The molecule has 21 heavy (non-hydrogen) atoms. The van der Waals surface area contributed by atoms with Gasteiger partial charge < -0.3 is 4.40 Å². The number of halogens is 1. The summed E-state index contributed by atoms with van der Waals surface area (Å²) in [6.07, 6.45) is 9.67. The van der Waals surface area contributed by atoms with Gasteiger partial charge >= 0.3 is 0 Å². The maximum Gasteiger partial charge on any atom is 0.136 e. The fraction of sp³-hybridized carbons (Fsp3) is 0.167. The van der Waals surface area contributed by atoms with E-state index in [-0.39, 0.29) is 0 Å². The van der Waals surface area contributed by atoms with E-state index in [1.54, 1.807) is 0 Å². The number of benzene rings is 1. The second-order valence-electron chi connectivity index (χ2n) is 5.52. The number of aryl methyl sites for hydroxylation is 1. The molecule has 2 aromatic heterocycles. The summed E-state index contributed by atoms with van der Waals surface area (Å²) >= 11 is 3.54. The highest BCUT2D eigenvalue weighted by Crippen LogP contribution is 2.29. The maximum atomic E-state index is 4.67. The lowest BCUT2D eigenvalue weighted by Gasteiger charge is -2.00. The fourth-order valence-corrected chi connectivity index (χ4v) is 3.35. The first kappa shape index (κ1) is 12.8. The first-order valence-corrected chi connectivity index (χ1v) is 7.98. The zero-order chi connectivity index (χ0) is 14.2. The van der Waals surface area contributed by atoms with Crippen LogP contribution >= 0.6 is 15.9 Å². The van der Waals surface area contributed by atoms with Crippen molar-refractivity contribution in [2.24, 2.45) is 0 Å². The molecule has 0 bridgehead atoms. The monoisotopic (exact) mass is 338 g/mol. The predicted octanol–water partition coefficient (Wildman–Crippen LogP) is 4.67. The largest absolute Gasteiger partial charge is 0.307 e. The zero-order valence-corrected chi connectivity index (χ0v) is 13.2. The number of fused-ring (bicyclic) bond motifs is 2. The molecule has 3 heteroatoms. The van der Waals surface area contributed by atoms with Gasteiger partial charge in [-0.2, -0.15) is 0 Å². The van der Waals surface area contributed by atoms with E-state index < -0.39 is 0 Å². The number of nitrogens with zero attached hydrogens (tertiary/aromatic N) is 2. The Hall–Kier alpha value is -1.87. The Morgan fingerprint density at radius 2 is 2.10 bits per heavy atom. The number of allylic oxidation sites excluding steroid dienone is 1. The molecule has 1 aromatic carbocycles. The van der Waals surface area contributed by atoms with E-state index in [0.29, 0.717) is 0 Å². The van der Waals surface area contributed by atoms with Crippen LogP contribution in [0, 0.1) is 0 Å². The Morgan fingerprint density at radius 3 is 3.00 bits per heavy atom. The van der Waals surface area contributed by atoms with E-state index >= 15 is 0 Å². The number of pyridine rings is 1. The standard InChI is InChI=1S/C18H15BrN2/c19-16-6-5-14-9-13(10-15(14)11-16)4-7-17-12-21-8-2-1-3-18(21)20-17/h1-3,5-6,8-9,11-12H,4,7,10H2. The molecule has 3 aromatic rings. The Kier molecular flexibility index (Phi) is 3.15. The van der Waals surface area contributed by atoms with Crippen molar-refractivity contribution in [2.45, 2.75) is 19.3 Å². The van der Waals surface area contributed by atoms with Crippen LogP contribution in [-0.4, -0.2) is 9.38 Å². The van der Waals surface area contributed by atoms with Gasteiger partial charge in [0.15, 0.2) is 0 Å². The van der Waals surface area contributed by atoms with E-state index in [1.807, 2.05) is 24.4 Å². The van der Waals surface area contributed by atoms with Gasteiger partial charge in [-0.15, -0.1) is 0 Å². The van der Waals surface area contributed by atoms with Gasteiger partial charge in [0, 0.05) is 16.9 Å². The molecule has 0 amide bonds. The Morgan fingerprint density at radius 1 is 1.14 bits per heavy atom. The maximum absolute atomic E-state index is 4.67. The van der Waals surface area contributed by atoms with Gasteiger partial charge in [-0.05, 0) is 54.7 Å². The third-order valence-corrected chi connectivity index (χ3v) is 4.49. The minimum absolute atomic E-state index is 1.00. The average Bonchev–Trinajstić information content (AvgIpc) is 3.07. The van der Waals surface area contributed by atoms with Crippen LogP contribution in [0.2, 0.25) is 0 Å². The van der Waals surface area contributed by atoms with Gasteiger partial charge in [-0.25, -0.2) is 4.98 Å². The minimum Gasteiger partial charge on any atom is -0.307 e. The van der Waals surface area contributed by atoms with Crippen molar-refractivity contribution in [3.63, 3.8) is 0 Å². The molecule has 0 unspecified atom stereocenters. The fourth-order valence-electron chi connectivity index (χ4n) is 2.94. The molecule has 0 atom stereocenters. The summed E-state index contributed by atoms with van der Waals surface area (Å²) in [7, 11) is 0. The number of rotatable bonds is 3. The van der Waals surface area contributed by atoms with Gasteiger partial charge in [0.1, 0.15) is 5.65 Å². The van der Waals surface area contributed by atoms with Crippen LogP contribution in [0.25, 0.3) is 11.7 Å². The van der Waals surface area contributed by atoms with Crippen molar-refractivity contribution in [2.75, 3.05) is 0 Å². The first-order chi connectivity index (χ1) is 10.3. The number of aromatic nitrogens is 2. The highest BCUT2D eigenvalue weighted by Gasteiger charge is 2.13. The minimum atomic E-state index is 1.00. The van der Waals surface area contributed by atoms with Crippen molar-refractivity contribution in [1.82, 2.24) is 9.38 Å². The molecule has 2 nitrogen and oxygen atoms in total. The van der Waals surface area contributed by atoms with Crippen molar-refractivity contribution >= 4 is 27.7 Å². The molecular formula is C18H15BrN2. The van der Waals surface area contributed by atoms with Crippen LogP contribution in [0.4, 0.5) is 0 Å². The molecule has 4 rings (SSSR count). The SMILES string of the molecule is Brc1ccc2c(c1)CC(CCc1cn3ccccc3n1)=C2. The van der Waals surface area contributed by atoms with Crippen LogP contribution < -0.4 is 0 Å². The van der Waals surface area contributed by atoms with Crippen molar-refractivity contribution < 1.29 is 0 Å². The number of hydrogen-bond donors (Lipinski definition) is 0. The Balaban J connectivity index is 1.48. The summed E-state index contributed by atoms with van der Waals surface area (Å²) < 4.78 is 3.25. The summed E-state index contributed by atoms with van der Waals surface area (Å²) in [5.41, 5.74) is 6.48. The van der Waals surface area contributed by atoms with Crippen LogP contribution in [0.15, 0.2) is 58.8 Å². The van der Waals surface area contributed by atoms with Gasteiger partial charge in [0.05, 0.1) is 5.69 Å². The highest BCUT2D eigenvalue weighted by atomic mass is 79.9. The van der Waals surface area contributed by atoms with E-state index in [2.05, 4.69) is 55.8 Å². The molecule has 104 valence electrons. The van der Waals surface area contributed by atoms with Crippen LogP contribution in [-0.2, 0) is 12.8 Å². The lowest BCUT2D eigenvalue weighted by molar-refractivity contribution is 0.893. The van der Waals surface area contributed by atoms with Gasteiger partial charge in [-0.1, -0.05) is 39.7 Å². The molecule has 0 saturated carbocycles. The van der Waals surface area contributed by atoms with E-state index in [0.717, 1.165) is 29.4 Å². The Bertz CT molecular complexity index is 812. The molecule has 0 N–H and O–H groups in total. The van der Waals surface area contributed by atoms with E-state index in [1.165, 1.54) is 22.4 Å². The summed E-state index contributed by atoms with van der Waals surface area (Å²) in [5.74, 6) is 0. The molecule has 0 aliphatic heterocycles. The quantitative estimate of drug-likeness (QED) is 0.678. The van der Waals surface area contributed by atoms with Crippen LogP contribution in [0.1, 0.15) is 23.2 Å². The summed E-state index contributed by atoms with van der Waals surface area (Å²) in [6, 6.07) is 12.6. The number of imidazole rings is 1. The van der Waals surface area contributed by atoms with E-state index in [9.17, 15) is 0 Å². The zero-order valence-electron chi connectivity index (χ0n) is 11.6. The smallest absolute Gasteiger partial charge is 0.136 e. The van der Waals surface area contributed by atoms with Gasteiger partial charge in [0.25, 0.3) is 0 Å². The van der Waals surface area contributed by atoms with Crippen LogP contribution in [0.3, 0.4) is 0 Å². The van der Waals surface area contributed by atoms with E-state index in [4.69, 9.17) is 0 Å².